The normalized spacial score (nSPS) is 21.5. The van der Waals surface area contributed by atoms with Crippen molar-refractivity contribution in [1.29, 1.82) is 0 Å². The van der Waals surface area contributed by atoms with Crippen LogP contribution in [-0.4, -0.2) is 46.7 Å². The minimum absolute atomic E-state index is 0.0609. The molecule has 2 heterocycles. The Labute approximate surface area is 113 Å². The molecule has 3 rings (SSSR count). The molecule has 5 nitrogen and oxygen atoms in total. The number of H-pyrrole nitrogens is 1. The van der Waals surface area contributed by atoms with E-state index in [9.17, 15) is 4.79 Å². The van der Waals surface area contributed by atoms with Crippen LogP contribution >= 0.6 is 0 Å². The van der Waals surface area contributed by atoms with Crippen molar-refractivity contribution >= 4 is 5.91 Å². The van der Waals surface area contributed by atoms with E-state index in [0.717, 1.165) is 18.8 Å². The van der Waals surface area contributed by atoms with Gasteiger partial charge in [-0.15, -0.1) is 0 Å². The molecule has 1 unspecified atom stereocenters. The van der Waals surface area contributed by atoms with Crippen LogP contribution < -0.4 is 5.32 Å². The number of aromatic amines is 1. The summed E-state index contributed by atoms with van der Waals surface area (Å²) in [4.78, 5) is 14.4. The van der Waals surface area contributed by atoms with Gasteiger partial charge in [0, 0.05) is 24.2 Å². The van der Waals surface area contributed by atoms with Gasteiger partial charge in [-0.1, -0.05) is 0 Å². The first kappa shape index (κ1) is 12.7. The molecule has 1 aliphatic heterocycles. The smallest absolute Gasteiger partial charge is 0.271 e. The van der Waals surface area contributed by atoms with Crippen LogP contribution in [0.4, 0.5) is 0 Å². The number of carbonyl (C=O) groups excluding carboxylic acids is 1. The molecule has 0 radical (unpaired) electrons. The van der Waals surface area contributed by atoms with Crippen LogP contribution in [0.5, 0.6) is 0 Å². The number of amides is 1. The van der Waals surface area contributed by atoms with Crippen LogP contribution in [0.2, 0.25) is 0 Å². The van der Waals surface area contributed by atoms with E-state index in [1.807, 2.05) is 6.07 Å². The Balaban J connectivity index is 1.49. The second-order valence-corrected chi connectivity index (χ2v) is 5.78. The van der Waals surface area contributed by atoms with Gasteiger partial charge in [0.25, 0.3) is 5.91 Å². The summed E-state index contributed by atoms with van der Waals surface area (Å²) in [6, 6.07) is 2.31. The summed E-state index contributed by atoms with van der Waals surface area (Å²) in [6.07, 6.45) is 5.00. The lowest BCUT2D eigenvalue weighted by Gasteiger charge is -2.23. The van der Waals surface area contributed by atoms with E-state index in [2.05, 4.69) is 27.3 Å². The molecule has 1 amide bonds. The van der Waals surface area contributed by atoms with E-state index in [4.69, 9.17) is 0 Å². The molecule has 1 saturated heterocycles. The lowest BCUT2D eigenvalue weighted by molar-refractivity contribution is 0.0935. The Bertz CT molecular complexity index is 446. The molecular formula is C14H22N4O. The van der Waals surface area contributed by atoms with E-state index >= 15 is 0 Å². The summed E-state index contributed by atoms with van der Waals surface area (Å²) in [6.45, 7) is 5.19. The third-order valence-electron chi connectivity index (χ3n) is 4.17. The van der Waals surface area contributed by atoms with Crippen LogP contribution in [0.1, 0.15) is 54.7 Å². The Morgan fingerprint density at radius 3 is 2.95 bits per heavy atom. The number of likely N-dealkylation sites (tertiary alicyclic amines) is 1. The van der Waals surface area contributed by atoms with Gasteiger partial charge >= 0.3 is 0 Å². The van der Waals surface area contributed by atoms with Crippen molar-refractivity contribution in [3.05, 3.63) is 17.5 Å². The highest BCUT2D eigenvalue weighted by Crippen LogP contribution is 2.38. The maximum atomic E-state index is 12.0. The fraction of sp³-hybridized carbons (Fsp3) is 0.714. The fourth-order valence-corrected chi connectivity index (χ4v) is 2.70. The minimum Gasteiger partial charge on any atom is -0.349 e. The molecule has 2 N–H and O–H groups in total. The standard InChI is InChI=1S/C14H22N4O/c1-10(18-6-2-3-7-18)9-15-14(19)13-8-12(16-17-13)11-4-5-11/h8,10-11H,2-7,9H2,1H3,(H,15,19)(H,16,17). The van der Waals surface area contributed by atoms with Gasteiger partial charge in [-0.05, 0) is 51.8 Å². The van der Waals surface area contributed by atoms with Crippen LogP contribution in [0.25, 0.3) is 0 Å². The lowest BCUT2D eigenvalue weighted by atomic mass is 10.2. The van der Waals surface area contributed by atoms with Crippen molar-refractivity contribution in [2.45, 2.75) is 44.6 Å². The van der Waals surface area contributed by atoms with Gasteiger partial charge < -0.3 is 5.32 Å². The minimum atomic E-state index is -0.0609. The molecular weight excluding hydrogens is 240 g/mol. The van der Waals surface area contributed by atoms with E-state index in [0.29, 0.717) is 24.2 Å². The number of nitrogens with zero attached hydrogens (tertiary/aromatic N) is 2. The molecule has 19 heavy (non-hydrogen) atoms. The zero-order valence-electron chi connectivity index (χ0n) is 11.5. The zero-order valence-corrected chi connectivity index (χ0v) is 11.5. The third kappa shape index (κ3) is 2.97. The number of hydrogen-bond acceptors (Lipinski definition) is 3. The molecule has 1 aromatic rings. The Morgan fingerprint density at radius 2 is 2.26 bits per heavy atom. The van der Waals surface area contributed by atoms with Crippen molar-refractivity contribution in [3.8, 4) is 0 Å². The third-order valence-corrected chi connectivity index (χ3v) is 4.17. The SMILES string of the molecule is CC(CNC(=O)c1cc(C2CC2)[nH]n1)N1CCCC1. The highest BCUT2D eigenvalue weighted by molar-refractivity contribution is 5.92. The van der Waals surface area contributed by atoms with Crippen molar-refractivity contribution in [1.82, 2.24) is 20.4 Å². The summed E-state index contributed by atoms with van der Waals surface area (Å²) in [7, 11) is 0. The van der Waals surface area contributed by atoms with Crippen molar-refractivity contribution in [2.75, 3.05) is 19.6 Å². The van der Waals surface area contributed by atoms with Gasteiger partial charge in [-0.3, -0.25) is 14.8 Å². The molecule has 1 aliphatic carbocycles. The van der Waals surface area contributed by atoms with Gasteiger partial charge in [-0.25, -0.2) is 0 Å². The van der Waals surface area contributed by atoms with Crippen LogP contribution in [0.3, 0.4) is 0 Å². The van der Waals surface area contributed by atoms with Gasteiger partial charge in [-0.2, -0.15) is 5.10 Å². The Kier molecular flexibility index (Phi) is 3.55. The highest BCUT2D eigenvalue weighted by Gasteiger charge is 2.26. The first-order chi connectivity index (χ1) is 9.24. The second kappa shape index (κ2) is 5.33. The van der Waals surface area contributed by atoms with E-state index in [1.54, 1.807) is 0 Å². The van der Waals surface area contributed by atoms with Crippen molar-refractivity contribution in [2.24, 2.45) is 0 Å². The molecule has 5 heteroatoms. The topological polar surface area (TPSA) is 61.0 Å². The number of aromatic nitrogens is 2. The summed E-state index contributed by atoms with van der Waals surface area (Å²) in [5.41, 5.74) is 1.63. The predicted molar refractivity (Wildman–Crippen MR) is 73.2 cm³/mol. The molecule has 1 saturated carbocycles. The van der Waals surface area contributed by atoms with Crippen molar-refractivity contribution in [3.63, 3.8) is 0 Å². The van der Waals surface area contributed by atoms with E-state index < -0.39 is 0 Å². The molecule has 0 bridgehead atoms. The molecule has 2 fully saturated rings. The largest absolute Gasteiger partial charge is 0.349 e. The van der Waals surface area contributed by atoms with Crippen LogP contribution in [-0.2, 0) is 0 Å². The quantitative estimate of drug-likeness (QED) is 0.845. The molecule has 2 aliphatic rings. The molecule has 0 aromatic carbocycles. The number of nitrogens with one attached hydrogen (secondary N) is 2. The second-order valence-electron chi connectivity index (χ2n) is 5.78. The summed E-state index contributed by atoms with van der Waals surface area (Å²) in [5.74, 6) is 0.548. The Hall–Kier alpha value is -1.36. The fourth-order valence-electron chi connectivity index (χ4n) is 2.70. The maximum absolute atomic E-state index is 12.0. The van der Waals surface area contributed by atoms with Gasteiger partial charge in [0.15, 0.2) is 0 Å². The summed E-state index contributed by atoms with van der Waals surface area (Å²) in [5, 5.41) is 10.1. The van der Waals surface area contributed by atoms with Gasteiger partial charge in [0.1, 0.15) is 5.69 Å². The molecule has 104 valence electrons. The van der Waals surface area contributed by atoms with Gasteiger partial charge in [0.2, 0.25) is 0 Å². The molecule has 1 atom stereocenters. The average Bonchev–Trinajstić information content (AvgIpc) is 2.96. The summed E-state index contributed by atoms with van der Waals surface area (Å²) >= 11 is 0. The van der Waals surface area contributed by atoms with Crippen molar-refractivity contribution < 1.29 is 4.79 Å². The zero-order chi connectivity index (χ0) is 13.2. The number of carbonyl (C=O) groups is 1. The average molecular weight is 262 g/mol. The van der Waals surface area contributed by atoms with Crippen LogP contribution in [0.15, 0.2) is 6.07 Å². The van der Waals surface area contributed by atoms with Gasteiger partial charge in [0.05, 0.1) is 0 Å². The first-order valence-electron chi connectivity index (χ1n) is 7.31. The van der Waals surface area contributed by atoms with E-state index in [-0.39, 0.29) is 5.91 Å². The number of hydrogen-bond donors (Lipinski definition) is 2. The Morgan fingerprint density at radius 1 is 1.53 bits per heavy atom. The first-order valence-corrected chi connectivity index (χ1v) is 7.31. The number of rotatable bonds is 5. The van der Waals surface area contributed by atoms with E-state index in [1.165, 1.54) is 25.7 Å². The highest BCUT2D eigenvalue weighted by atomic mass is 16.1. The molecule has 0 spiro atoms. The summed E-state index contributed by atoms with van der Waals surface area (Å²) < 4.78 is 0. The predicted octanol–water partition coefficient (Wildman–Crippen LogP) is 1.50. The lowest BCUT2D eigenvalue weighted by Crippen LogP contribution is -2.40. The maximum Gasteiger partial charge on any atom is 0.271 e. The monoisotopic (exact) mass is 262 g/mol. The van der Waals surface area contributed by atoms with Crippen LogP contribution in [0, 0.1) is 0 Å². The molecule has 1 aromatic heterocycles.